The van der Waals surface area contributed by atoms with Crippen LogP contribution < -0.4 is 4.90 Å². The molecule has 11 heavy (non-hydrogen) atoms. The van der Waals surface area contributed by atoms with E-state index in [9.17, 15) is 0 Å². The van der Waals surface area contributed by atoms with Crippen molar-refractivity contribution in [2.45, 2.75) is 13.8 Å². The number of aryl methyl sites for hydroxylation is 2. The van der Waals surface area contributed by atoms with Gasteiger partial charge in [0.05, 0.1) is 0 Å². The van der Waals surface area contributed by atoms with Gasteiger partial charge < -0.3 is 4.90 Å². The van der Waals surface area contributed by atoms with Crippen molar-refractivity contribution in [1.29, 1.82) is 0 Å². The van der Waals surface area contributed by atoms with Crippen molar-refractivity contribution in [1.82, 2.24) is 4.98 Å². The third kappa shape index (κ3) is 1.70. The first-order chi connectivity index (χ1) is 5.11. The van der Waals surface area contributed by atoms with Gasteiger partial charge in [-0.3, -0.25) is 0 Å². The number of rotatable bonds is 1. The molecular formula is C9H14N2. The molecule has 60 valence electrons. The van der Waals surface area contributed by atoms with Gasteiger partial charge in [0.1, 0.15) is 5.82 Å². The molecule has 0 aliphatic carbocycles. The standard InChI is InChI=1S/C9H14N2/c1-7-5-8(2)9(10-6-7)11(3)4/h5-6H,1-4H3. The van der Waals surface area contributed by atoms with E-state index in [4.69, 9.17) is 0 Å². The van der Waals surface area contributed by atoms with Crippen LogP contribution in [0.15, 0.2) is 12.3 Å². The fourth-order valence-electron chi connectivity index (χ4n) is 1.18. The molecule has 1 aromatic rings. The monoisotopic (exact) mass is 150 g/mol. The van der Waals surface area contributed by atoms with E-state index in [0.29, 0.717) is 0 Å². The molecule has 2 heteroatoms. The van der Waals surface area contributed by atoms with Crippen LogP contribution in [0, 0.1) is 13.8 Å². The number of aromatic nitrogens is 1. The van der Waals surface area contributed by atoms with Crippen LogP contribution in [0.4, 0.5) is 5.82 Å². The van der Waals surface area contributed by atoms with Gasteiger partial charge in [0.2, 0.25) is 0 Å². The van der Waals surface area contributed by atoms with E-state index < -0.39 is 0 Å². The lowest BCUT2D eigenvalue weighted by Gasteiger charge is -2.13. The van der Waals surface area contributed by atoms with Gasteiger partial charge in [-0.2, -0.15) is 0 Å². The van der Waals surface area contributed by atoms with Crippen LogP contribution >= 0.6 is 0 Å². The zero-order chi connectivity index (χ0) is 8.43. The Balaban J connectivity index is 3.09. The van der Waals surface area contributed by atoms with Gasteiger partial charge in [-0.1, -0.05) is 6.07 Å². The number of hydrogen-bond acceptors (Lipinski definition) is 2. The Labute approximate surface area is 67.9 Å². The molecule has 0 aromatic carbocycles. The SMILES string of the molecule is Cc1cnc(N(C)C)c(C)c1. The summed E-state index contributed by atoms with van der Waals surface area (Å²) >= 11 is 0. The van der Waals surface area contributed by atoms with Gasteiger partial charge in [-0.25, -0.2) is 4.98 Å². The van der Waals surface area contributed by atoms with Crippen LogP contribution in [0.3, 0.4) is 0 Å². The zero-order valence-electron chi connectivity index (χ0n) is 7.55. The minimum absolute atomic E-state index is 1.05. The molecule has 0 N–H and O–H groups in total. The largest absolute Gasteiger partial charge is 0.363 e. The summed E-state index contributed by atoms with van der Waals surface area (Å²) in [6.07, 6.45) is 1.89. The van der Waals surface area contributed by atoms with Gasteiger partial charge in [0, 0.05) is 20.3 Å². The van der Waals surface area contributed by atoms with E-state index >= 15 is 0 Å². The highest BCUT2D eigenvalue weighted by Crippen LogP contribution is 2.14. The summed E-state index contributed by atoms with van der Waals surface area (Å²) < 4.78 is 0. The molecule has 0 aliphatic heterocycles. The smallest absolute Gasteiger partial charge is 0.130 e. The second-order valence-electron chi connectivity index (χ2n) is 3.05. The average molecular weight is 150 g/mol. The maximum Gasteiger partial charge on any atom is 0.130 e. The number of hydrogen-bond donors (Lipinski definition) is 0. The van der Waals surface area contributed by atoms with Gasteiger partial charge in [-0.15, -0.1) is 0 Å². The van der Waals surface area contributed by atoms with Crippen LogP contribution in [0.1, 0.15) is 11.1 Å². The predicted octanol–water partition coefficient (Wildman–Crippen LogP) is 1.76. The summed E-state index contributed by atoms with van der Waals surface area (Å²) in [7, 11) is 4.01. The van der Waals surface area contributed by atoms with Crippen molar-refractivity contribution in [2.24, 2.45) is 0 Å². The molecule has 0 atom stereocenters. The van der Waals surface area contributed by atoms with Crippen LogP contribution in [0.2, 0.25) is 0 Å². The third-order valence-corrected chi connectivity index (χ3v) is 1.61. The molecule has 0 amide bonds. The highest BCUT2D eigenvalue weighted by atomic mass is 15.1. The van der Waals surface area contributed by atoms with Crippen molar-refractivity contribution >= 4 is 5.82 Å². The van der Waals surface area contributed by atoms with E-state index in [1.165, 1.54) is 11.1 Å². The fourth-order valence-corrected chi connectivity index (χ4v) is 1.18. The lowest BCUT2D eigenvalue weighted by Crippen LogP contribution is -2.12. The number of pyridine rings is 1. The average Bonchev–Trinajstić information content (AvgIpc) is 1.85. The number of anilines is 1. The molecule has 1 heterocycles. The molecule has 0 saturated heterocycles. The van der Waals surface area contributed by atoms with Crippen molar-refractivity contribution in [3.63, 3.8) is 0 Å². The van der Waals surface area contributed by atoms with E-state index in [0.717, 1.165) is 5.82 Å². The van der Waals surface area contributed by atoms with Gasteiger partial charge >= 0.3 is 0 Å². The summed E-state index contributed by atoms with van der Waals surface area (Å²) in [5.41, 5.74) is 2.45. The molecule has 0 radical (unpaired) electrons. The maximum absolute atomic E-state index is 4.30. The molecule has 2 nitrogen and oxygen atoms in total. The summed E-state index contributed by atoms with van der Waals surface area (Å²) in [6.45, 7) is 4.13. The Bertz CT molecular complexity index is 254. The van der Waals surface area contributed by atoms with Crippen LogP contribution in [-0.4, -0.2) is 19.1 Å². The molecule has 1 aromatic heterocycles. The molecule has 0 unspecified atom stereocenters. The molecule has 0 bridgehead atoms. The normalized spacial score (nSPS) is 9.82. The highest BCUT2D eigenvalue weighted by Gasteiger charge is 2.00. The van der Waals surface area contributed by atoms with Gasteiger partial charge in [-0.05, 0) is 25.0 Å². The quantitative estimate of drug-likeness (QED) is 0.606. The van der Waals surface area contributed by atoms with E-state index in [2.05, 4.69) is 24.9 Å². The summed E-state index contributed by atoms with van der Waals surface area (Å²) in [5, 5.41) is 0. The maximum atomic E-state index is 4.30. The van der Waals surface area contributed by atoms with Crippen molar-refractivity contribution in [3.8, 4) is 0 Å². The molecule has 0 aliphatic rings. The first-order valence-electron chi connectivity index (χ1n) is 3.72. The summed E-state index contributed by atoms with van der Waals surface area (Å²) in [6, 6.07) is 2.14. The lowest BCUT2D eigenvalue weighted by atomic mass is 10.2. The fraction of sp³-hybridized carbons (Fsp3) is 0.444. The second kappa shape index (κ2) is 2.91. The number of nitrogens with zero attached hydrogens (tertiary/aromatic N) is 2. The van der Waals surface area contributed by atoms with E-state index in [1.54, 1.807) is 0 Å². The summed E-state index contributed by atoms with van der Waals surface area (Å²) in [4.78, 5) is 6.33. The zero-order valence-corrected chi connectivity index (χ0v) is 7.55. The Hall–Kier alpha value is -1.05. The van der Waals surface area contributed by atoms with Crippen molar-refractivity contribution < 1.29 is 0 Å². The van der Waals surface area contributed by atoms with E-state index in [1.807, 2.05) is 25.2 Å². The van der Waals surface area contributed by atoms with Gasteiger partial charge in [0.25, 0.3) is 0 Å². The minimum atomic E-state index is 1.05. The Morgan fingerprint density at radius 3 is 2.36 bits per heavy atom. The van der Waals surface area contributed by atoms with Crippen LogP contribution in [0.25, 0.3) is 0 Å². The molecule has 1 rings (SSSR count). The molecule has 0 saturated carbocycles. The Morgan fingerprint density at radius 1 is 1.27 bits per heavy atom. The third-order valence-electron chi connectivity index (χ3n) is 1.61. The van der Waals surface area contributed by atoms with E-state index in [-0.39, 0.29) is 0 Å². The Kier molecular flexibility index (Phi) is 2.13. The Morgan fingerprint density at radius 2 is 1.91 bits per heavy atom. The van der Waals surface area contributed by atoms with Crippen LogP contribution in [0.5, 0.6) is 0 Å². The van der Waals surface area contributed by atoms with Crippen molar-refractivity contribution in [2.75, 3.05) is 19.0 Å². The second-order valence-corrected chi connectivity index (χ2v) is 3.05. The molecule has 0 spiro atoms. The molecule has 0 fully saturated rings. The summed E-state index contributed by atoms with van der Waals surface area (Å²) in [5.74, 6) is 1.05. The van der Waals surface area contributed by atoms with Crippen LogP contribution in [-0.2, 0) is 0 Å². The van der Waals surface area contributed by atoms with Crippen molar-refractivity contribution in [3.05, 3.63) is 23.4 Å². The minimum Gasteiger partial charge on any atom is -0.363 e. The molecular weight excluding hydrogens is 136 g/mol. The topological polar surface area (TPSA) is 16.1 Å². The predicted molar refractivity (Wildman–Crippen MR) is 48.0 cm³/mol. The highest BCUT2D eigenvalue weighted by molar-refractivity contribution is 5.45. The van der Waals surface area contributed by atoms with Gasteiger partial charge in [0.15, 0.2) is 0 Å². The first kappa shape index (κ1) is 8.05. The lowest BCUT2D eigenvalue weighted by molar-refractivity contribution is 1.04. The first-order valence-corrected chi connectivity index (χ1v) is 3.72.